The number of hydrogen-bond acceptors (Lipinski definition) is 2. The van der Waals surface area contributed by atoms with Gasteiger partial charge in [-0.25, -0.2) is 4.98 Å². The smallest absolute Gasteiger partial charge is 0.109 e. The first-order chi connectivity index (χ1) is 9.38. The number of nitrogens with zero attached hydrogens (tertiary/aromatic N) is 2. The third kappa shape index (κ3) is 2.56. The zero-order valence-electron chi connectivity index (χ0n) is 11.3. The average Bonchev–Trinajstić information content (AvgIpc) is 2.87. The quantitative estimate of drug-likeness (QED) is 0.912. The van der Waals surface area contributed by atoms with Crippen LogP contribution in [0.2, 0.25) is 0 Å². The Balaban J connectivity index is 1.82. The Hall–Kier alpha value is -1.61. The molecule has 3 nitrogen and oxygen atoms in total. The molecule has 1 aromatic heterocycles. The number of aromatic nitrogens is 2. The van der Waals surface area contributed by atoms with Crippen molar-refractivity contribution >= 4 is 0 Å². The van der Waals surface area contributed by atoms with Crippen LogP contribution in [-0.2, 0) is 19.4 Å². The minimum Gasteiger partial charge on any atom is -0.334 e. The molecule has 0 fully saturated rings. The van der Waals surface area contributed by atoms with Crippen LogP contribution in [0, 0.1) is 0 Å². The molecule has 0 spiro atoms. The van der Waals surface area contributed by atoms with E-state index in [2.05, 4.69) is 40.0 Å². The van der Waals surface area contributed by atoms with Crippen molar-refractivity contribution in [3.05, 3.63) is 53.6 Å². The van der Waals surface area contributed by atoms with Crippen molar-refractivity contribution in [3.8, 4) is 0 Å². The van der Waals surface area contributed by atoms with Gasteiger partial charge in [-0.2, -0.15) is 0 Å². The summed E-state index contributed by atoms with van der Waals surface area (Å²) in [5.41, 5.74) is 8.70. The Morgan fingerprint density at radius 3 is 3.11 bits per heavy atom. The highest BCUT2D eigenvalue weighted by molar-refractivity contribution is 5.32. The summed E-state index contributed by atoms with van der Waals surface area (Å²) in [4.78, 5) is 4.41. The van der Waals surface area contributed by atoms with Gasteiger partial charge in [-0.15, -0.1) is 0 Å². The van der Waals surface area contributed by atoms with Crippen LogP contribution in [0.4, 0.5) is 0 Å². The number of hydrogen-bond donors (Lipinski definition) is 1. The maximum Gasteiger partial charge on any atom is 0.109 e. The maximum absolute atomic E-state index is 5.65. The van der Waals surface area contributed by atoms with Gasteiger partial charge in [0, 0.05) is 31.3 Å². The molecule has 2 aromatic rings. The standard InChI is InChI=1S/C16H21N3/c17-9-8-16-18-10-11-19(16)12-14-6-3-5-13-4-1-2-7-15(13)14/h1-2,4,7,10-11,14H,3,5-6,8-9,12,17H2. The van der Waals surface area contributed by atoms with Crippen molar-refractivity contribution in [2.24, 2.45) is 5.73 Å². The molecule has 1 heterocycles. The van der Waals surface area contributed by atoms with Crippen LogP contribution >= 0.6 is 0 Å². The van der Waals surface area contributed by atoms with Gasteiger partial charge in [0.15, 0.2) is 0 Å². The van der Waals surface area contributed by atoms with Crippen LogP contribution < -0.4 is 5.73 Å². The highest BCUT2D eigenvalue weighted by Crippen LogP contribution is 2.32. The molecule has 1 aliphatic carbocycles. The van der Waals surface area contributed by atoms with Crippen molar-refractivity contribution in [2.75, 3.05) is 6.54 Å². The number of nitrogens with two attached hydrogens (primary N) is 1. The Bertz CT molecular complexity index is 544. The van der Waals surface area contributed by atoms with Crippen LogP contribution in [0.1, 0.15) is 35.7 Å². The van der Waals surface area contributed by atoms with Gasteiger partial charge in [-0.1, -0.05) is 24.3 Å². The van der Waals surface area contributed by atoms with Crippen LogP contribution in [0.3, 0.4) is 0 Å². The molecule has 1 atom stereocenters. The predicted octanol–water partition coefficient (Wildman–Crippen LogP) is 2.50. The Kier molecular flexibility index (Phi) is 3.65. The number of imidazole rings is 1. The molecule has 0 saturated carbocycles. The summed E-state index contributed by atoms with van der Waals surface area (Å²) in [6.45, 7) is 1.70. The summed E-state index contributed by atoms with van der Waals surface area (Å²) in [5, 5.41) is 0. The van der Waals surface area contributed by atoms with Crippen LogP contribution in [0.5, 0.6) is 0 Å². The second-order valence-corrected chi connectivity index (χ2v) is 5.32. The van der Waals surface area contributed by atoms with E-state index in [1.165, 1.54) is 30.4 Å². The molecule has 0 amide bonds. The van der Waals surface area contributed by atoms with E-state index < -0.39 is 0 Å². The van der Waals surface area contributed by atoms with E-state index in [1.807, 2.05) is 6.20 Å². The molecule has 1 aromatic carbocycles. The second kappa shape index (κ2) is 5.57. The largest absolute Gasteiger partial charge is 0.334 e. The van der Waals surface area contributed by atoms with E-state index in [4.69, 9.17) is 5.73 Å². The highest BCUT2D eigenvalue weighted by atomic mass is 15.1. The second-order valence-electron chi connectivity index (χ2n) is 5.32. The number of rotatable bonds is 4. The maximum atomic E-state index is 5.65. The van der Waals surface area contributed by atoms with Crippen molar-refractivity contribution in [1.29, 1.82) is 0 Å². The van der Waals surface area contributed by atoms with E-state index in [9.17, 15) is 0 Å². The predicted molar refractivity (Wildman–Crippen MR) is 77.1 cm³/mol. The van der Waals surface area contributed by atoms with E-state index >= 15 is 0 Å². The van der Waals surface area contributed by atoms with Gasteiger partial charge in [0.05, 0.1) is 0 Å². The van der Waals surface area contributed by atoms with Gasteiger partial charge in [0.2, 0.25) is 0 Å². The first kappa shape index (κ1) is 12.4. The summed E-state index contributed by atoms with van der Waals surface area (Å²) in [5.74, 6) is 1.74. The Labute approximate surface area is 114 Å². The van der Waals surface area contributed by atoms with Crippen LogP contribution in [0.25, 0.3) is 0 Å². The lowest BCUT2D eigenvalue weighted by Gasteiger charge is -2.26. The molecule has 1 unspecified atom stereocenters. The van der Waals surface area contributed by atoms with E-state index in [1.54, 1.807) is 0 Å². The number of aryl methyl sites for hydroxylation is 1. The molecule has 0 aliphatic heterocycles. The van der Waals surface area contributed by atoms with Crippen LogP contribution in [-0.4, -0.2) is 16.1 Å². The zero-order chi connectivity index (χ0) is 13.1. The molecule has 2 N–H and O–H groups in total. The average molecular weight is 255 g/mol. The first-order valence-electron chi connectivity index (χ1n) is 7.16. The van der Waals surface area contributed by atoms with Crippen molar-refractivity contribution < 1.29 is 0 Å². The lowest BCUT2D eigenvalue weighted by molar-refractivity contribution is 0.473. The summed E-state index contributed by atoms with van der Waals surface area (Å²) in [6, 6.07) is 8.87. The number of fused-ring (bicyclic) bond motifs is 1. The summed E-state index contributed by atoms with van der Waals surface area (Å²) in [7, 11) is 0. The molecule has 100 valence electrons. The van der Waals surface area contributed by atoms with E-state index in [-0.39, 0.29) is 0 Å². The van der Waals surface area contributed by atoms with Gasteiger partial charge in [-0.05, 0) is 36.9 Å². The lowest BCUT2D eigenvalue weighted by atomic mass is 9.83. The lowest BCUT2D eigenvalue weighted by Crippen LogP contribution is -2.17. The molecular formula is C16H21N3. The van der Waals surface area contributed by atoms with Crippen molar-refractivity contribution in [3.63, 3.8) is 0 Å². The van der Waals surface area contributed by atoms with Gasteiger partial charge in [0.25, 0.3) is 0 Å². The van der Waals surface area contributed by atoms with E-state index in [0.29, 0.717) is 12.5 Å². The normalized spacial score (nSPS) is 18.3. The number of benzene rings is 1. The molecule has 0 bridgehead atoms. The molecule has 0 saturated heterocycles. The monoisotopic (exact) mass is 255 g/mol. The molecule has 0 radical (unpaired) electrons. The fraction of sp³-hybridized carbons (Fsp3) is 0.438. The summed E-state index contributed by atoms with van der Waals surface area (Å²) < 4.78 is 2.28. The third-order valence-electron chi connectivity index (χ3n) is 4.08. The van der Waals surface area contributed by atoms with Crippen molar-refractivity contribution in [2.45, 2.75) is 38.1 Å². The fourth-order valence-corrected chi connectivity index (χ4v) is 3.15. The SMILES string of the molecule is NCCc1nccn1CC1CCCc2ccccc21. The van der Waals surface area contributed by atoms with Crippen molar-refractivity contribution in [1.82, 2.24) is 9.55 Å². The van der Waals surface area contributed by atoms with Gasteiger partial charge < -0.3 is 10.3 Å². The molecule has 19 heavy (non-hydrogen) atoms. The molecular weight excluding hydrogens is 234 g/mol. The Morgan fingerprint density at radius 2 is 2.21 bits per heavy atom. The van der Waals surface area contributed by atoms with Gasteiger partial charge in [0.1, 0.15) is 5.82 Å². The van der Waals surface area contributed by atoms with E-state index in [0.717, 1.165) is 18.8 Å². The summed E-state index contributed by atoms with van der Waals surface area (Å²) in [6.07, 6.45) is 8.63. The minimum absolute atomic E-state index is 0.621. The Morgan fingerprint density at radius 1 is 1.32 bits per heavy atom. The van der Waals surface area contributed by atoms with Gasteiger partial charge >= 0.3 is 0 Å². The minimum atomic E-state index is 0.621. The first-order valence-corrected chi connectivity index (χ1v) is 7.16. The topological polar surface area (TPSA) is 43.8 Å². The van der Waals surface area contributed by atoms with Crippen LogP contribution in [0.15, 0.2) is 36.7 Å². The summed E-state index contributed by atoms with van der Waals surface area (Å²) >= 11 is 0. The molecule has 3 heteroatoms. The molecule has 1 aliphatic rings. The molecule has 3 rings (SSSR count). The zero-order valence-corrected chi connectivity index (χ0v) is 11.3. The third-order valence-corrected chi connectivity index (χ3v) is 4.08. The highest BCUT2D eigenvalue weighted by Gasteiger charge is 2.20. The van der Waals surface area contributed by atoms with Gasteiger partial charge in [-0.3, -0.25) is 0 Å². The fourth-order valence-electron chi connectivity index (χ4n) is 3.15.